The van der Waals surface area contributed by atoms with Crippen molar-refractivity contribution in [3.63, 3.8) is 0 Å². The predicted molar refractivity (Wildman–Crippen MR) is 46.9 cm³/mol. The monoisotopic (exact) mass is 184 g/mol. The average molecular weight is 184 g/mol. The van der Waals surface area contributed by atoms with Gasteiger partial charge in [-0.1, -0.05) is 0 Å². The lowest BCUT2D eigenvalue weighted by molar-refractivity contribution is -0.873. The number of nitrogen functional groups attached to an aromatic ring is 1. The van der Waals surface area contributed by atoms with Crippen molar-refractivity contribution in [1.29, 1.82) is 0 Å². The highest BCUT2D eigenvalue weighted by Crippen LogP contribution is 2.05. The van der Waals surface area contributed by atoms with Gasteiger partial charge in [-0.15, -0.1) is 0 Å². The lowest BCUT2D eigenvalue weighted by Gasteiger charge is -2.02. The Balaban J connectivity index is 2.69. The summed E-state index contributed by atoms with van der Waals surface area (Å²) in [7, 11) is 4.01. The summed E-state index contributed by atoms with van der Waals surface area (Å²) in [5.74, 6) is 5.57. The van der Waals surface area contributed by atoms with Crippen molar-refractivity contribution >= 4 is 5.91 Å². The first-order chi connectivity index (χ1) is 6.13. The zero-order valence-electron chi connectivity index (χ0n) is 7.76. The van der Waals surface area contributed by atoms with Crippen LogP contribution in [0.4, 0.5) is 0 Å². The molecule has 0 atom stereocenters. The summed E-state index contributed by atoms with van der Waals surface area (Å²) >= 11 is 0. The van der Waals surface area contributed by atoms with Gasteiger partial charge in [0, 0.05) is 0 Å². The molecule has 0 bridgehead atoms. The standard InChI is InChI=1S/C8H13N3O2/c1-11(2)5-6-3-4-7(13-6)8(12)10-9/h3-4H,5,9H2,1-2H3,(H,10,12)/p+1. The summed E-state index contributed by atoms with van der Waals surface area (Å²) in [6, 6.07) is 3.39. The highest BCUT2D eigenvalue weighted by atomic mass is 16.4. The van der Waals surface area contributed by atoms with Gasteiger partial charge >= 0.3 is 5.91 Å². The van der Waals surface area contributed by atoms with E-state index in [1.165, 1.54) is 4.90 Å². The Labute approximate surface area is 76.5 Å². The number of hydrogen-bond donors (Lipinski definition) is 3. The molecule has 13 heavy (non-hydrogen) atoms. The van der Waals surface area contributed by atoms with E-state index >= 15 is 0 Å². The Bertz CT molecular complexity index is 293. The molecule has 0 saturated heterocycles. The van der Waals surface area contributed by atoms with Crippen molar-refractivity contribution in [2.75, 3.05) is 14.1 Å². The Kier molecular flexibility index (Phi) is 3.05. The number of hydrogen-bond acceptors (Lipinski definition) is 3. The number of rotatable bonds is 3. The van der Waals surface area contributed by atoms with Gasteiger partial charge in [0.15, 0.2) is 11.5 Å². The topological polar surface area (TPSA) is 72.7 Å². The van der Waals surface area contributed by atoms with Gasteiger partial charge in [-0.05, 0) is 12.1 Å². The summed E-state index contributed by atoms with van der Waals surface area (Å²) < 4.78 is 5.23. The average Bonchev–Trinajstić information content (AvgIpc) is 2.50. The number of carbonyl (C=O) groups excluding carboxylic acids is 1. The molecular weight excluding hydrogens is 170 g/mol. The van der Waals surface area contributed by atoms with Gasteiger partial charge in [-0.3, -0.25) is 10.2 Å². The first-order valence-electron chi connectivity index (χ1n) is 4.02. The number of nitrogens with one attached hydrogen (secondary N) is 2. The van der Waals surface area contributed by atoms with E-state index in [1.54, 1.807) is 12.1 Å². The molecule has 1 amide bonds. The number of carbonyl (C=O) groups is 1. The summed E-state index contributed by atoms with van der Waals surface area (Å²) in [4.78, 5) is 12.2. The van der Waals surface area contributed by atoms with Crippen LogP contribution in [0.15, 0.2) is 16.5 Å². The van der Waals surface area contributed by atoms with E-state index < -0.39 is 5.91 Å². The molecule has 1 aromatic rings. The number of furan rings is 1. The van der Waals surface area contributed by atoms with Gasteiger partial charge in [-0.25, -0.2) is 5.84 Å². The molecule has 1 rings (SSSR count). The number of hydrazine groups is 1. The zero-order valence-corrected chi connectivity index (χ0v) is 7.76. The zero-order chi connectivity index (χ0) is 9.84. The quantitative estimate of drug-likeness (QED) is 0.305. The molecule has 0 saturated carbocycles. The highest BCUT2D eigenvalue weighted by Gasteiger charge is 2.10. The van der Waals surface area contributed by atoms with Crippen LogP contribution in [-0.4, -0.2) is 20.0 Å². The molecule has 0 aliphatic carbocycles. The predicted octanol–water partition coefficient (Wildman–Crippen LogP) is -1.47. The SMILES string of the molecule is C[NH+](C)Cc1ccc(C(=O)NN)o1. The van der Waals surface area contributed by atoms with Crippen LogP contribution in [0.3, 0.4) is 0 Å². The maximum absolute atomic E-state index is 11.0. The number of amides is 1. The Morgan fingerprint density at radius 1 is 1.62 bits per heavy atom. The van der Waals surface area contributed by atoms with Crippen LogP contribution in [0.1, 0.15) is 16.3 Å². The van der Waals surface area contributed by atoms with Crippen LogP contribution in [0.2, 0.25) is 0 Å². The molecule has 4 N–H and O–H groups in total. The largest absolute Gasteiger partial charge is 0.450 e. The van der Waals surface area contributed by atoms with E-state index in [0.717, 1.165) is 12.3 Å². The van der Waals surface area contributed by atoms with E-state index in [1.807, 2.05) is 19.5 Å². The molecule has 0 spiro atoms. The van der Waals surface area contributed by atoms with Crippen LogP contribution in [0.25, 0.3) is 0 Å². The van der Waals surface area contributed by atoms with E-state index in [-0.39, 0.29) is 5.76 Å². The fourth-order valence-corrected chi connectivity index (χ4v) is 1.01. The second-order valence-corrected chi connectivity index (χ2v) is 3.12. The highest BCUT2D eigenvalue weighted by molar-refractivity contribution is 5.90. The fourth-order valence-electron chi connectivity index (χ4n) is 1.01. The fraction of sp³-hybridized carbons (Fsp3) is 0.375. The summed E-state index contributed by atoms with van der Waals surface area (Å²) in [5.41, 5.74) is 2.01. The van der Waals surface area contributed by atoms with Gasteiger partial charge < -0.3 is 9.32 Å². The van der Waals surface area contributed by atoms with E-state index in [2.05, 4.69) is 0 Å². The van der Waals surface area contributed by atoms with Crippen LogP contribution in [0, 0.1) is 0 Å². The van der Waals surface area contributed by atoms with E-state index in [0.29, 0.717) is 0 Å². The Morgan fingerprint density at radius 3 is 2.85 bits per heavy atom. The third-order valence-electron chi connectivity index (χ3n) is 1.54. The van der Waals surface area contributed by atoms with Crippen LogP contribution in [0.5, 0.6) is 0 Å². The number of quaternary nitrogens is 1. The minimum Gasteiger partial charge on any atom is -0.450 e. The van der Waals surface area contributed by atoms with E-state index in [9.17, 15) is 4.79 Å². The van der Waals surface area contributed by atoms with Crippen molar-refractivity contribution in [1.82, 2.24) is 5.43 Å². The maximum atomic E-state index is 11.0. The van der Waals surface area contributed by atoms with Crippen molar-refractivity contribution in [2.45, 2.75) is 6.54 Å². The third kappa shape index (κ3) is 2.57. The molecular formula is C8H14N3O2+. The first-order valence-corrected chi connectivity index (χ1v) is 4.02. The van der Waals surface area contributed by atoms with Crippen molar-refractivity contribution in [3.05, 3.63) is 23.7 Å². The molecule has 1 heterocycles. The molecule has 1 aromatic heterocycles. The molecule has 0 aliphatic heterocycles. The molecule has 0 fully saturated rings. The number of nitrogens with two attached hydrogens (primary N) is 1. The first kappa shape index (κ1) is 9.76. The maximum Gasteiger partial charge on any atom is 0.300 e. The Hall–Kier alpha value is -1.33. The second kappa shape index (κ2) is 4.06. The van der Waals surface area contributed by atoms with Gasteiger partial charge in [0.25, 0.3) is 0 Å². The molecule has 0 radical (unpaired) electrons. The molecule has 0 aliphatic rings. The summed E-state index contributed by atoms with van der Waals surface area (Å²) in [6.45, 7) is 0.748. The van der Waals surface area contributed by atoms with Crippen LogP contribution < -0.4 is 16.2 Å². The van der Waals surface area contributed by atoms with Gasteiger partial charge in [0.2, 0.25) is 0 Å². The van der Waals surface area contributed by atoms with Gasteiger partial charge in [0.05, 0.1) is 14.1 Å². The molecule has 72 valence electrons. The summed E-state index contributed by atoms with van der Waals surface area (Å²) in [5, 5.41) is 0. The van der Waals surface area contributed by atoms with E-state index in [4.69, 9.17) is 10.3 Å². The van der Waals surface area contributed by atoms with Crippen LogP contribution in [-0.2, 0) is 6.54 Å². The van der Waals surface area contributed by atoms with Crippen LogP contribution >= 0.6 is 0 Å². The van der Waals surface area contributed by atoms with Gasteiger partial charge in [-0.2, -0.15) is 0 Å². The van der Waals surface area contributed by atoms with Crippen molar-refractivity contribution in [2.24, 2.45) is 5.84 Å². The van der Waals surface area contributed by atoms with Crippen molar-refractivity contribution in [3.8, 4) is 0 Å². The van der Waals surface area contributed by atoms with Crippen molar-refractivity contribution < 1.29 is 14.1 Å². The minimum atomic E-state index is -0.403. The minimum absolute atomic E-state index is 0.249. The molecule has 0 aromatic carbocycles. The third-order valence-corrected chi connectivity index (χ3v) is 1.54. The lowest BCUT2D eigenvalue weighted by atomic mass is 10.4. The smallest absolute Gasteiger partial charge is 0.300 e. The normalized spacial score (nSPS) is 10.5. The van der Waals surface area contributed by atoms with Gasteiger partial charge in [0.1, 0.15) is 6.54 Å². The Morgan fingerprint density at radius 2 is 2.31 bits per heavy atom. The molecule has 0 unspecified atom stereocenters. The lowest BCUT2D eigenvalue weighted by Crippen LogP contribution is -3.04. The second-order valence-electron chi connectivity index (χ2n) is 3.12. The molecule has 5 nitrogen and oxygen atoms in total. The summed E-state index contributed by atoms with van der Waals surface area (Å²) in [6.07, 6.45) is 0. The molecule has 5 heteroatoms.